The number of halogens is 5. The van der Waals surface area contributed by atoms with Crippen LogP contribution in [-0.4, -0.2) is 37.9 Å². The average Bonchev–Trinajstić information content (AvgIpc) is 2.76. The molecule has 1 N–H and O–H groups in total. The van der Waals surface area contributed by atoms with E-state index >= 15 is 0 Å². The molecule has 136 valence electrons. The Morgan fingerprint density at radius 2 is 1.79 bits per heavy atom. The van der Waals surface area contributed by atoms with E-state index in [9.17, 15) is 26.0 Å². The Hall–Kier alpha value is -0.900. The van der Waals surface area contributed by atoms with Crippen molar-refractivity contribution in [3.63, 3.8) is 0 Å². The molecule has 3 rings (SSSR count). The van der Waals surface area contributed by atoms with Crippen molar-refractivity contribution in [1.29, 1.82) is 0 Å². The fourth-order valence-corrected chi connectivity index (χ4v) is 4.68. The molecule has 2 fully saturated rings. The van der Waals surface area contributed by atoms with Crippen LogP contribution in [-0.2, 0) is 16.2 Å². The largest absolute Gasteiger partial charge is 0.419 e. The first kappa shape index (κ1) is 19.4. The Morgan fingerprint density at radius 1 is 1.12 bits per heavy atom. The number of nitrogens with one attached hydrogen (secondary N) is 1. The second kappa shape index (κ2) is 6.78. The fraction of sp³-hybridized carbons (Fsp3) is 0.571. The molecule has 2 unspecified atom stereocenters. The molecule has 24 heavy (non-hydrogen) atoms. The maximum absolute atomic E-state index is 13.7. The van der Waals surface area contributed by atoms with Gasteiger partial charge in [-0.25, -0.2) is 12.8 Å². The van der Waals surface area contributed by atoms with Crippen LogP contribution in [0.4, 0.5) is 17.6 Å². The van der Waals surface area contributed by atoms with Crippen molar-refractivity contribution in [2.75, 3.05) is 13.1 Å². The summed E-state index contributed by atoms with van der Waals surface area (Å²) in [4.78, 5) is -0.444. The number of rotatable bonds is 2. The van der Waals surface area contributed by atoms with Crippen LogP contribution in [0.5, 0.6) is 0 Å². The van der Waals surface area contributed by atoms with Crippen LogP contribution in [0.1, 0.15) is 24.8 Å². The molecule has 1 aromatic carbocycles. The highest BCUT2D eigenvalue weighted by Gasteiger charge is 2.37. The highest BCUT2D eigenvalue weighted by Crippen LogP contribution is 2.33. The zero-order valence-electron chi connectivity index (χ0n) is 12.5. The molecular formula is C14H17ClF4N2O2S. The second-order valence-corrected chi connectivity index (χ2v) is 7.87. The summed E-state index contributed by atoms with van der Waals surface area (Å²) >= 11 is 0. The lowest BCUT2D eigenvalue weighted by atomic mass is 10.1. The first-order valence-electron chi connectivity index (χ1n) is 7.31. The molecule has 10 heteroatoms. The van der Waals surface area contributed by atoms with E-state index in [1.807, 2.05) is 0 Å². The average molecular weight is 389 g/mol. The van der Waals surface area contributed by atoms with Gasteiger partial charge >= 0.3 is 6.18 Å². The van der Waals surface area contributed by atoms with Crippen molar-refractivity contribution in [3.8, 4) is 0 Å². The topological polar surface area (TPSA) is 49.4 Å². The van der Waals surface area contributed by atoms with Crippen molar-refractivity contribution in [3.05, 3.63) is 29.6 Å². The predicted molar refractivity (Wildman–Crippen MR) is 82.0 cm³/mol. The maximum atomic E-state index is 13.7. The first-order chi connectivity index (χ1) is 10.7. The summed E-state index contributed by atoms with van der Waals surface area (Å²) in [7, 11) is -4.01. The van der Waals surface area contributed by atoms with E-state index in [-0.39, 0.29) is 37.6 Å². The van der Waals surface area contributed by atoms with Crippen LogP contribution < -0.4 is 5.32 Å². The summed E-state index contributed by atoms with van der Waals surface area (Å²) in [5, 5.41) is 3.32. The minimum Gasteiger partial charge on any atom is -0.310 e. The van der Waals surface area contributed by atoms with Gasteiger partial charge in [0.05, 0.1) is 10.5 Å². The van der Waals surface area contributed by atoms with Gasteiger partial charge < -0.3 is 5.32 Å². The Balaban J connectivity index is 0.00000208. The number of benzene rings is 1. The molecular weight excluding hydrogens is 372 g/mol. The number of sulfonamides is 1. The normalized spacial score (nSPS) is 25.2. The zero-order valence-corrected chi connectivity index (χ0v) is 14.1. The van der Waals surface area contributed by atoms with Crippen LogP contribution in [0.3, 0.4) is 0 Å². The van der Waals surface area contributed by atoms with E-state index in [2.05, 4.69) is 5.32 Å². The lowest BCUT2D eigenvalue weighted by molar-refractivity contribution is -0.140. The Labute approximate surface area is 143 Å². The number of hydrogen-bond donors (Lipinski definition) is 1. The second-order valence-electron chi connectivity index (χ2n) is 5.93. The number of nitrogens with zero attached hydrogens (tertiary/aromatic N) is 1. The van der Waals surface area contributed by atoms with Gasteiger partial charge in [-0.15, -0.1) is 12.4 Å². The molecule has 2 saturated heterocycles. The Kier molecular flexibility index (Phi) is 5.49. The first-order valence-corrected chi connectivity index (χ1v) is 8.75. The van der Waals surface area contributed by atoms with E-state index in [0.29, 0.717) is 18.6 Å². The van der Waals surface area contributed by atoms with Gasteiger partial charge in [0.25, 0.3) is 0 Å². The monoisotopic (exact) mass is 388 g/mol. The van der Waals surface area contributed by atoms with Crippen LogP contribution in [0.2, 0.25) is 0 Å². The molecule has 0 radical (unpaired) electrons. The molecule has 4 nitrogen and oxygen atoms in total. The van der Waals surface area contributed by atoms with Crippen molar-refractivity contribution >= 4 is 22.4 Å². The fourth-order valence-electron chi connectivity index (χ4n) is 3.16. The third-order valence-corrected chi connectivity index (χ3v) is 6.23. The third-order valence-electron chi connectivity index (χ3n) is 4.37. The van der Waals surface area contributed by atoms with Gasteiger partial charge in [0.1, 0.15) is 5.82 Å². The standard InChI is InChI=1S/C14H16F4N2O2S.ClH/c15-13-7-11(3-4-12(13)14(16,17)18)23(21,22)20-6-5-9-1-2-10(8-20)19-9;/h3-4,7,9-10,19H,1-2,5-6,8H2;1H. The summed E-state index contributed by atoms with van der Waals surface area (Å²) < 4.78 is 77.8. The molecule has 0 aliphatic carbocycles. The van der Waals surface area contributed by atoms with Crippen molar-refractivity contribution < 1.29 is 26.0 Å². The highest BCUT2D eigenvalue weighted by atomic mass is 35.5. The Bertz CT molecular complexity index is 711. The van der Waals surface area contributed by atoms with E-state index in [1.165, 1.54) is 4.31 Å². The highest BCUT2D eigenvalue weighted by molar-refractivity contribution is 7.89. The van der Waals surface area contributed by atoms with Gasteiger partial charge in [0.2, 0.25) is 10.0 Å². The molecule has 0 spiro atoms. The van der Waals surface area contributed by atoms with Gasteiger partial charge in [0, 0.05) is 25.2 Å². The number of fused-ring (bicyclic) bond motifs is 2. The Morgan fingerprint density at radius 3 is 2.42 bits per heavy atom. The summed E-state index contributed by atoms with van der Waals surface area (Å²) in [6.45, 7) is 0.528. The summed E-state index contributed by atoms with van der Waals surface area (Å²) in [6, 6.07) is 2.05. The lowest BCUT2D eigenvalue weighted by Gasteiger charge is -2.24. The van der Waals surface area contributed by atoms with Crippen molar-refractivity contribution in [2.45, 2.75) is 42.4 Å². The van der Waals surface area contributed by atoms with Crippen LogP contribution in [0.25, 0.3) is 0 Å². The summed E-state index contributed by atoms with van der Waals surface area (Å²) in [6.07, 6.45) is -2.36. The van der Waals surface area contributed by atoms with Gasteiger partial charge in [-0.2, -0.15) is 17.5 Å². The molecule has 0 aromatic heterocycles. The van der Waals surface area contributed by atoms with Gasteiger partial charge in [-0.05, 0) is 37.5 Å². The molecule has 2 aliphatic rings. The van der Waals surface area contributed by atoms with Crippen molar-refractivity contribution in [2.24, 2.45) is 0 Å². The molecule has 2 heterocycles. The van der Waals surface area contributed by atoms with E-state index < -0.39 is 32.5 Å². The van der Waals surface area contributed by atoms with Crippen LogP contribution in [0.15, 0.2) is 23.1 Å². The lowest BCUT2D eigenvalue weighted by Crippen LogP contribution is -2.39. The number of alkyl halides is 3. The minimum atomic E-state index is -4.85. The SMILES string of the molecule is Cl.O=S(=O)(c1ccc(C(F)(F)F)c(F)c1)N1CCC2CCC(C1)N2. The molecule has 2 atom stereocenters. The zero-order chi connectivity index (χ0) is 16.8. The van der Waals surface area contributed by atoms with Gasteiger partial charge in [-0.3, -0.25) is 0 Å². The molecule has 0 saturated carbocycles. The molecule has 2 bridgehead atoms. The van der Waals surface area contributed by atoms with Crippen LogP contribution >= 0.6 is 12.4 Å². The van der Waals surface area contributed by atoms with Crippen molar-refractivity contribution in [1.82, 2.24) is 9.62 Å². The molecule has 2 aliphatic heterocycles. The summed E-state index contributed by atoms with van der Waals surface area (Å²) in [5.41, 5.74) is -1.46. The third kappa shape index (κ3) is 3.68. The molecule has 0 amide bonds. The molecule has 1 aromatic rings. The summed E-state index contributed by atoms with van der Waals surface area (Å²) in [5.74, 6) is -1.58. The smallest absolute Gasteiger partial charge is 0.310 e. The van der Waals surface area contributed by atoms with Crippen LogP contribution in [0, 0.1) is 5.82 Å². The predicted octanol–water partition coefficient (Wildman–Crippen LogP) is 2.78. The van der Waals surface area contributed by atoms with E-state index in [1.54, 1.807) is 0 Å². The maximum Gasteiger partial charge on any atom is 0.419 e. The minimum absolute atomic E-state index is 0. The quantitative estimate of drug-likeness (QED) is 0.793. The van der Waals surface area contributed by atoms with Gasteiger partial charge in [0.15, 0.2) is 0 Å². The number of hydrogen-bond acceptors (Lipinski definition) is 3. The van der Waals surface area contributed by atoms with E-state index in [4.69, 9.17) is 0 Å². The van der Waals surface area contributed by atoms with Gasteiger partial charge in [-0.1, -0.05) is 0 Å². The van der Waals surface area contributed by atoms with E-state index in [0.717, 1.165) is 18.9 Å².